The summed E-state index contributed by atoms with van der Waals surface area (Å²) in [6, 6.07) is 19.9. The van der Waals surface area contributed by atoms with Gasteiger partial charge in [0, 0.05) is 43.8 Å². The molecule has 6 nitrogen and oxygen atoms in total. The fraction of sp³-hybridized carbons (Fsp3) is 0.115. The van der Waals surface area contributed by atoms with Gasteiger partial charge in [-0.05, 0) is 60.2 Å². The maximum Gasteiger partial charge on any atom is 0.305 e. The van der Waals surface area contributed by atoms with Crippen molar-refractivity contribution in [3.05, 3.63) is 98.3 Å². The van der Waals surface area contributed by atoms with Crippen LogP contribution in [0.1, 0.15) is 22.3 Å². The maximum absolute atomic E-state index is 12.4. The number of aliphatic carboxylic acids is 1. The van der Waals surface area contributed by atoms with Crippen LogP contribution in [-0.4, -0.2) is 28.5 Å². The SMILES string of the molecule is O=C(O)CCNC(=O)c1ccc(N(Cc2cc(Cl)cc(Cl)c2)c2nc(-c3ccc(Cl)cc3)cs2)cc1. The molecule has 10 heteroatoms. The van der Waals surface area contributed by atoms with E-state index in [1.807, 2.05) is 58.8 Å². The minimum Gasteiger partial charge on any atom is -0.481 e. The van der Waals surface area contributed by atoms with Crippen LogP contribution in [0.5, 0.6) is 0 Å². The Morgan fingerprint density at radius 2 is 1.58 bits per heavy atom. The van der Waals surface area contributed by atoms with Crippen LogP contribution < -0.4 is 10.2 Å². The van der Waals surface area contributed by atoms with E-state index in [1.165, 1.54) is 11.3 Å². The molecule has 0 aliphatic heterocycles. The summed E-state index contributed by atoms with van der Waals surface area (Å²) in [5.74, 6) is -1.31. The van der Waals surface area contributed by atoms with Crippen LogP contribution in [-0.2, 0) is 11.3 Å². The summed E-state index contributed by atoms with van der Waals surface area (Å²) in [6.45, 7) is 0.502. The molecule has 36 heavy (non-hydrogen) atoms. The smallest absolute Gasteiger partial charge is 0.305 e. The molecule has 0 bridgehead atoms. The summed E-state index contributed by atoms with van der Waals surface area (Å²) in [5, 5.41) is 15.8. The molecule has 0 radical (unpaired) electrons. The monoisotopic (exact) mass is 559 g/mol. The summed E-state index contributed by atoms with van der Waals surface area (Å²) >= 11 is 20.0. The van der Waals surface area contributed by atoms with Crippen molar-refractivity contribution in [2.75, 3.05) is 11.4 Å². The van der Waals surface area contributed by atoms with Gasteiger partial charge in [-0.25, -0.2) is 4.98 Å². The van der Waals surface area contributed by atoms with E-state index in [9.17, 15) is 9.59 Å². The van der Waals surface area contributed by atoms with Gasteiger partial charge in [0.15, 0.2) is 5.13 Å². The summed E-state index contributed by atoms with van der Waals surface area (Å²) in [6.07, 6.45) is -0.139. The van der Waals surface area contributed by atoms with Crippen molar-refractivity contribution < 1.29 is 14.7 Å². The van der Waals surface area contributed by atoms with E-state index in [2.05, 4.69) is 5.32 Å². The first kappa shape index (κ1) is 26.0. The van der Waals surface area contributed by atoms with Gasteiger partial charge in [0.1, 0.15) is 0 Å². The Labute approximate surface area is 227 Å². The minimum absolute atomic E-state index is 0.0597. The lowest BCUT2D eigenvalue weighted by atomic mass is 10.1. The van der Waals surface area contributed by atoms with Crippen molar-refractivity contribution in [2.24, 2.45) is 0 Å². The third kappa shape index (κ3) is 6.77. The fourth-order valence-corrected chi connectivity index (χ4v) is 5.02. The highest BCUT2D eigenvalue weighted by Crippen LogP contribution is 2.34. The first-order chi connectivity index (χ1) is 17.3. The third-order valence-electron chi connectivity index (χ3n) is 5.19. The number of nitrogens with zero attached hydrogens (tertiary/aromatic N) is 2. The van der Waals surface area contributed by atoms with Crippen LogP contribution in [0, 0.1) is 0 Å². The van der Waals surface area contributed by atoms with Crippen molar-refractivity contribution in [1.82, 2.24) is 10.3 Å². The molecule has 0 atom stereocenters. The van der Waals surface area contributed by atoms with E-state index < -0.39 is 5.97 Å². The zero-order valence-corrected chi connectivity index (χ0v) is 21.8. The van der Waals surface area contributed by atoms with Gasteiger partial charge in [-0.3, -0.25) is 9.59 Å². The number of halogens is 3. The van der Waals surface area contributed by atoms with E-state index in [0.717, 1.165) is 27.6 Å². The van der Waals surface area contributed by atoms with Crippen LogP contribution in [0.25, 0.3) is 11.3 Å². The predicted octanol–water partition coefficient (Wildman–Crippen LogP) is 7.31. The van der Waals surface area contributed by atoms with Crippen LogP contribution in [0.3, 0.4) is 0 Å². The predicted molar refractivity (Wildman–Crippen MR) is 146 cm³/mol. The molecule has 184 valence electrons. The third-order valence-corrected chi connectivity index (χ3v) is 6.74. The quantitative estimate of drug-likeness (QED) is 0.224. The molecule has 0 aliphatic rings. The first-order valence-corrected chi connectivity index (χ1v) is 12.8. The van der Waals surface area contributed by atoms with Gasteiger partial charge in [0.25, 0.3) is 5.91 Å². The Morgan fingerprint density at radius 1 is 0.917 bits per heavy atom. The van der Waals surface area contributed by atoms with Gasteiger partial charge in [0.05, 0.1) is 18.7 Å². The lowest BCUT2D eigenvalue weighted by Crippen LogP contribution is -2.26. The van der Waals surface area contributed by atoms with E-state index in [1.54, 1.807) is 18.2 Å². The Balaban J connectivity index is 1.63. The number of carbonyl (C=O) groups excluding carboxylic acids is 1. The van der Waals surface area contributed by atoms with Crippen molar-refractivity contribution in [3.63, 3.8) is 0 Å². The van der Waals surface area contributed by atoms with Gasteiger partial charge < -0.3 is 15.3 Å². The lowest BCUT2D eigenvalue weighted by molar-refractivity contribution is -0.136. The van der Waals surface area contributed by atoms with Gasteiger partial charge in [0.2, 0.25) is 0 Å². The number of carbonyl (C=O) groups is 2. The zero-order chi connectivity index (χ0) is 25.7. The Kier molecular flexibility index (Phi) is 8.48. The Hall–Kier alpha value is -3.10. The van der Waals surface area contributed by atoms with Gasteiger partial charge in [-0.15, -0.1) is 11.3 Å². The number of benzene rings is 3. The summed E-state index contributed by atoms with van der Waals surface area (Å²) in [4.78, 5) is 29.9. The standard InChI is InChI=1S/C26H20Cl3N3O3S/c27-19-5-1-17(2-6-19)23-15-36-26(31-23)32(14-16-11-20(28)13-21(29)12-16)22-7-3-18(4-8-22)25(35)30-10-9-24(33)34/h1-8,11-13,15H,9-10,14H2,(H,30,35)(H,33,34). The molecule has 0 fully saturated rings. The van der Waals surface area contributed by atoms with Crippen LogP contribution >= 0.6 is 46.1 Å². The van der Waals surface area contributed by atoms with Crippen LogP contribution in [0.2, 0.25) is 15.1 Å². The highest BCUT2D eigenvalue weighted by molar-refractivity contribution is 7.14. The molecule has 4 rings (SSSR count). The number of thiazole rings is 1. The first-order valence-electron chi connectivity index (χ1n) is 10.8. The highest BCUT2D eigenvalue weighted by Gasteiger charge is 2.17. The van der Waals surface area contributed by atoms with Gasteiger partial charge >= 0.3 is 5.97 Å². The minimum atomic E-state index is -0.969. The molecule has 1 amide bonds. The molecular formula is C26H20Cl3N3O3S. The van der Waals surface area contributed by atoms with Gasteiger partial charge in [-0.2, -0.15) is 0 Å². The van der Waals surface area contributed by atoms with E-state index in [4.69, 9.17) is 44.9 Å². The highest BCUT2D eigenvalue weighted by atomic mass is 35.5. The van der Waals surface area contributed by atoms with Crippen molar-refractivity contribution in [3.8, 4) is 11.3 Å². The second kappa shape index (κ2) is 11.8. The zero-order valence-electron chi connectivity index (χ0n) is 18.7. The van der Waals surface area contributed by atoms with E-state index in [-0.39, 0.29) is 18.9 Å². The molecule has 3 aromatic carbocycles. The maximum atomic E-state index is 12.4. The average Bonchev–Trinajstić information content (AvgIpc) is 3.32. The second-order valence-corrected chi connectivity index (χ2v) is 9.98. The number of anilines is 2. The normalized spacial score (nSPS) is 10.8. The molecule has 0 spiro atoms. The van der Waals surface area contributed by atoms with Crippen molar-refractivity contribution in [2.45, 2.75) is 13.0 Å². The van der Waals surface area contributed by atoms with E-state index >= 15 is 0 Å². The second-order valence-electron chi connectivity index (χ2n) is 7.83. The molecule has 1 heterocycles. The average molecular weight is 561 g/mol. The molecule has 0 saturated heterocycles. The molecule has 2 N–H and O–H groups in total. The summed E-state index contributed by atoms with van der Waals surface area (Å²) in [5.41, 5.74) is 3.89. The molecule has 1 aromatic heterocycles. The topological polar surface area (TPSA) is 82.5 Å². The van der Waals surface area contributed by atoms with Crippen molar-refractivity contribution >= 4 is 68.8 Å². The number of rotatable bonds is 9. The summed E-state index contributed by atoms with van der Waals surface area (Å²) in [7, 11) is 0. The lowest BCUT2D eigenvalue weighted by Gasteiger charge is -2.23. The van der Waals surface area contributed by atoms with Gasteiger partial charge in [-0.1, -0.05) is 46.9 Å². The number of carboxylic acid groups (broad SMARTS) is 1. The molecule has 4 aromatic rings. The van der Waals surface area contributed by atoms with Crippen molar-refractivity contribution in [1.29, 1.82) is 0 Å². The number of hydrogen-bond acceptors (Lipinski definition) is 5. The summed E-state index contributed by atoms with van der Waals surface area (Å²) < 4.78 is 0. The number of hydrogen-bond donors (Lipinski definition) is 2. The van der Waals surface area contributed by atoms with Crippen LogP contribution in [0.4, 0.5) is 10.8 Å². The molecular weight excluding hydrogens is 541 g/mol. The fourth-order valence-electron chi connectivity index (χ4n) is 3.47. The Morgan fingerprint density at radius 3 is 2.22 bits per heavy atom. The van der Waals surface area contributed by atoms with Crippen LogP contribution in [0.15, 0.2) is 72.1 Å². The molecule has 0 aliphatic carbocycles. The number of carboxylic acids is 1. The largest absolute Gasteiger partial charge is 0.481 e. The van der Waals surface area contributed by atoms with E-state index in [0.29, 0.717) is 27.2 Å². The molecule has 0 unspecified atom stereocenters. The number of aromatic nitrogens is 1. The Bertz CT molecular complexity index is 1360. The molecule has 0 saturated carbocycles. The number of nitrogens with one attached hydrogen (secondary N) is 1. The number of amides is 1.